The van der Waals surface area contributed by atoms with E-state index in [1.807, 2.05) is 53.4 Å². The Bertz CT molecular complexity index is 1110. The topological polar surface area (TPSA) is 53.8 Å². The molecule has 1 aromatic heterocycles. The molecule has 0 radical (unpaired) electrons. The van der Waals surface area contributed by atoms with E-state index in [-0.39, 0.29) is 18.6 Å². The Hall–Kier alpha value is -3.32. The summed E-state index contributed by atoms with van der Waals surface area (Å²) in [5.41, 5.74) is 3.10. The van der Waals surface area contributed by atoms with E-state index in [1.54, 1.807) is 0 Å². The van der Waals surface area contributed by atoms with E-state index >= 15 is 0 Å². The van der Waals surface area contributed by atoms with E-state index in [0.29, 0.717) is 12.3 Å². The second kappa shape index (κ2) is 12.1. The van der Waals surface area contributed by atoms with Gasteiger partial charge in [0.05, 0.1) is 17.9 Å². The fraction of sp³-hybridized carbons (Fsp3) is 0.448. The first-order valence-corrected chi connectivity index (χ1v) is 13.1. The number of carbonyl (C=O) groups excluding carboxylic acids is 1. The fourth-order valence-electron chi connectivity index (χ4n) is 4.71. The van der Waals surface area contributed by atoms with Gasteiger partial charge in [0, 0.05) is 37.8 Å². The number of aromatic nitrogens is 2. The van der Waals surface area contributed by atoms with Gasteiger partial charge in [0.1, 0.15) is 11.6 Å². The molecule has 4 rings (SSSR count). The Morgan fingerprint density at radius 2 is 1.64 bits per heavy atom. The van der Waals surface area contributed by atoms with Crippen LogP contribution >= 0.6 is 0 Å². The minimum atomic E-state index is -0.0122. The van der Waals surface area contributed by atoms with Crippen LogP contribution < -0.4 is 9.64 Å². The average molecular weight is 490 g/mol. The van der Waals surface area contributed by atoms with Crippen molar-refractivity contribution in [3.8, 4) is 11.4 Å². The van der Waals surface area contributed by atoms with E-state index < -0.39 is 0 Å². The molecular weight excluding hydrogens is 450 g/mol. The van der Waals surface area contributed by atoms with Crippen LogP contribution in [0.25, 0.3) is 5.69 Å². The zero-order valence-corrected chi connectivity index (χ0v) is 22.1. The summed E-state index contributed by atoms with van der Waals surface area (Å²) >= 11 is 0. The zero-order chi connectivity index (χ0) is 25.5. The summed E-state index contributed by atoms with van der Waals surface area (Å²) in [6.45, 7) is 14.0. The smallest absolute Gasteiger partial charge is 0.261 e. The van der Waals surface area contributed by atoms with Crippen LogP contribution in [-0.2, 0) is 11.3 Å². The highest BCUT2D eigenvalue weighted by Gasteiger charge is 2.29. The number of nitrogens with zero attached hydrogens (tertiary/aromatic N) is 5. The molecule has 0 N–H and O–H groups in total. The van der Waals surface area contributed by atoms with E-state index in [9.17, 15) is 4.79 Å². The second-order valence-electron chi connectivity index (χ2n) is 9.44. The summed E-state index contributed by atoms with van der Waals surface area (Å²) in [7, 11) is 0. The maximum absolute atomic E-state index is 13.4. The Morgan fingerprint density at radius 1 is 1.00 bits per heavy atom. The van der Waals surface area contributed by atoms with Crippen molar-refractivity contribution in [1.82, 2.24) is 19.6 Å². The number of rotatable bonds is 10. The molecule has 1 amide bonds. The van der Waals surface area contributed by atoms with Crippen LogP contribution in [0.15, 0.2) is 60.7 Å². The first-order valence-electron chi connectivity index (χ1n) is 13.1. The summed E-state index contributed by atoms with van der Waals surface area (Å²) in [6.07, 6.45) is 0.869. The largest absolute Gasteiger partial charge is 0.484 e. The van der Waals surface area contributed by atoms with Gasteiger partial charge in [0.2, 0.25) is 0 Å². The molecule has 7 nitrogen and oxygen atoms in total. The van der Waals surface area contributed by atoms with Gasteiger partial charge in [-0.05, 0) is 51.1 Å². The number of hydrogen-bond donors (Lipinski definition) is 0. The predicted molar refractivity (Wildman–Crippen MR) is 145 cm³/mol. The van der Waals surface area contributed by atoms with Gasteiger partial charge in [-0.3, -0.25) is 4.79 Å². The summed E-state index contributed by atoms with van der Waals surface area (Å²) in [4.78, 5) is 20.3. The molecule has 1 fully saturated rings. The number of aryl methyl sites for hydroxylation is 1. The lowest BCUT2D eigenvalue weighted by molar-refractivity contribution is -0.136. The van der Waals surface area contributed by atoms with Crippen LogP contribution in [0.2, 0.25) is 0 Å². The first kappa shape index (κ1) is 25.8. The van der Waals surface area contributed by atoms with E-state index in [0.717, 1.165) is 61.9 Å². The quantitative estimate of drug-likeness (QED) is 0.419. The molecule has 7 heteroatoms. The van der Waals surface area contributed by atoms with E-state index in [2.05, 4.69) is 54.3 Å². The molecule has 3 aromatic rings. The van der Waals surface area contributed by atoms with Crippen molar-refractivity contribution in [2.24, 2.45) is 0 Å². The number of hydrogen-bond acceptors (Lipinski definition) is 5. The summed E-state index contributed by atoms with van der Waals surface area (Å²) in [6, 6.07) is 19.9. The monoisotopic (exact) mass is 489 g/mol. The summed E-state index contributed by atoms with van der Waals surface area (Å²) in [5, 5.41) is 4.98. The van der Waals surface area contributed by atoms with Crippen molar-refractivity contribution >= 4 is 11.7 Å². The van der Waals surface area contributed by atoms with Crippen LogP contribution in [0.4, 0.5) is 5.82 Å². The normalized spacial score (nSPS) is 15.1. The molecule has 36 heavy (non-hydrogen) atoms. The first-order chi connectivity index (χ1) is 17.5. The number of carbonyl (C=O) groups is 1. The zero-order valence-electron chi connectivity index (χ0n) is 22.1. The molecule has 0 spiro atoms. The van der Waals surface area contributed by atoms with Crippen molar-refractivity contribution < 1.29 is 9.53 Å². The number of ether oxygens (including phenoxy) is 1. The van der Waals surface area contributed by atoms with Gasteiger partial charge in [-0.1, -0.05) is 50.2 Å². The molecule has 1 atom stereocenters. The standard InChI is InChI=1S/C29H39N5O2/c1-5-23(3)33(28(35)22-36-26-15-11-8-12-16-26)21-27-24(4)30-34(25-13-9-7-10-14-25)29(27)32-19-17-31(6-2)18-20-32/h7-16,23H,5-6,17-22H2,1-4H3/t23-/m1/s1. The van der Waals surface area contributed by atoms with Crippen molar-refractivity contribution in [1.29, 1.82) is 0 Å². The number of para-hydroxylation sites is 2. The second-order valence-corrected chi connectivity index (χ2v) is 9.44. The minimum Gasteiger partial charge on any atom is -0.484 e. The van der Waals surface area contributed by atoms with Crippen LogP contribution in [0.5, 0.6) is 5.75 Å². The Morgan fingerprint density at radius 3 is 2.25 bits per heavy atom. The highest BCUT2D eigenvalue weighted by Crippen LogP contribution is 2.30. The Balaban J connectivity index is 1.65. The van der Waals surface area contributed by atoms with Crippen molar-refractivity contribution in [2.45, 2.75) is 46.7 Å². The van der Waals surface area contributed by atoms with Crippen LogP contribution in [0.3, 0.4) is 0 Å². The third kappa shape index (κ3) is 5.90. The van der Waals surface area contributed by atoms with Gasteiger partial charge in [0.15, 0.2) is 6.61 Å². The maximum atomic E-state index is 13.4. The lowest BCUT2D eigenvalue weighted by Crippen LogP contribution is -2.47. The fourth-order valence-corrected chi connectivity index (χ4v) is 4.71. The number of benzene rings is 2. The summed E-state index contributed by atoms with van der Waals surface area (Å²) < 4.78 is 7.89. The van der Waals surface area contributed by atoms with Gasteiger partial charge in [-0.15, -0.1) is 0 Å². The van der Waals surface area contributed by atoms with Crippen LogP contribution in [0, 0.1) is 6.92 Å². The number of anilines is 1. The van der Waals surface area contributed by atoms with Gasteiger partial charge in [-0.25, -0.2) is 4.68 Å². The Labute approximate surface area is 215 Å². The molecule has 2 aromatic carbocycles. The molecular formula is C29H39N5O2. The molecule has 0 bridgehead atoms. The van der Waals surface area contributed by atoms with Crippen molar-refractivity contribution in [3.05, 3.63) is 71.9 Å². The maximum Gasteiger partial charge on any atom is 0.261 e. The van der Waals surface area contributed by atoms with Gasteiger partial charge >= 0.3 is 0 Å². The highest BCUT2D eigenvalue weighted by molar-refractivity contribution is 5.78. The molecule has 1 aliphatic rings. The number of likely N-dealkylation sites (N-methyl/N-ethyl adjacent to an activating group) is 1. The van der Waals surface area contributed by atoms with Crippen LogP contribution in [-0.4, -0.2) is 70.9 Å². The van der Waals surface area contributed by atoms with Gasteiger partial charge in [-0.2, -0.15) is 5.10 Å². The van der Waals surface area contributed by atoms with E-state index in [1.165, 1.54) is 0 Å². The SMILES string of the molecule is CC[C@@H](C)N(Cc1c(C)nn(-c2ccccc2)c1N1CCN(CC)CC1)C(=O)COc1ccccc1. The molecule has 192 valence electrons. The van der Waals surface area contributed by atoms with Gasteiger partial charge < -0.3 is 19.4 Å². The lowest BCUT2D eigenvalue weighted by Gasteiger charge is -2.37. The van der Waals surface area contributed by atoms with Crippen molar-refractivity contribution in [3.63, 3.8) is 0 Å². The summed E-state index contributed by atoms with van der Waals surface area (Å²) in [5.74, 6) is 1.79. The molecule has 0 unspecified atom stereocenters. The number of amides is 1. The Kier molecular flexibility index (Phi) is 8.65. The lowest BCUT2D eigenvalue weighted by atomic mass is 10.1. The average Bonchev–Trinajstić information content (AvgIpc) is 3.26. The third-order valence-corrected chi connectivity index (χ3v) is 7.15. The van der Waals surface area contributed by atoms with Crippen molar-refractivity contribution in [2.75, 3.05) is 44.2 Å². The predicted octanol–water partition coefficient (Wildman–Crippen LogP) is 4.53. The van der Waals surface area contributed by atoms with E-state index in [4.69, 9.17) is 9.84 Å². The molecule has 2 heterocycles. The third-order valence-electron chi connectivity index (χ3n) is 7.15. The molecule has 1 aliphatic heterocycles. The molecule has 1 saturated heterocycles. The van der Waals surface area contributed by atoms with Gasteiger partial charge in [0.25, 0.3) is 5.91 Å². The molecule has 0 aliphatic carbocycles. The number of piperazine rings is 1. The highest BCUT2D eigenvalue weighted by atomic mass is 16.5. The van der Waals surface area contributed by atoms with Crippen LogP contribution in [0.1, 0.15) is 38.4 Å². The minimum absolute atomic E-state index is 0.0122. The molecule has 0 saturated carbocycles.